The van der Waals surface area contributed by atoms with Gasteiger partial charge in [-0.15, -0.1) is 0 Å². The number of ether oxygens (including phenoxy) is 1. The van der Waals surface area contributed by atoms with Gasteiger partial charge < -0.3 is 20.1 Å². The largest absolute Gasteiger partial charge is 0.494 e. The first-order valence-corrected chi connectivity index (χ1v) is 11.5. The number of aliphatic imine (C=N–C) groups is 2. The van der Waals surface area contributed by atoms with Crippen LogP contribution in [-0.4, -0.2) is 68.0 Å². The summed E-state index contributed by atoms with van der Waals surface area (Å²) in [5.41, 5.74) is 1.48. The number of unbranched alkanes of at least 4 members (excludes halogenated alkanes) is 1. The Bertz CT molecular complexity index is 740. The topological polar surface area (TPSA) is 86.5 Å². The summed E-state index contributed by atoms with van der Waals surface area (Å²) in [5, 5.41) is 11.5. The zero-order valence-corrected chi connectivity index (χ0v) is 19.3. The van der Waals surface area contributed by atoms with Crippen LogP contribution in [-0.2, 0) is 0 Å². The number of rotatable bonds is 10. The maximum absolute atomic E-state index is 12.0. The van der Waals surface area contributed by atoms with E-state index in [-0.39, 0.29) is 19.1 Å². The van der Waals surface area contributed by atoms with E-state index in [1.165, 1.54) is 12.8 Å². The fraction of sp³-hybridized carbons (Fsp3) is 0.625. The Morgan fingerprint density at radius 2 is 2.13 bits per heavy atom. The number of nitrogens with zero attached hydrogens (tertiary/aromatic N) is 3. The number of hydrogen-bond acceptors (Lipinski definition) is 4. The number of hydrogen-bond donors (Lipinski definition) is 2. The van der Waals surface area contributed by atoms with Gasteiger partial charge in [-0.2, -0.15) is 0 Å². The van der Waals surface area contributed by atoms with E-state index < -0.39 is 0 Å². The van der Waals surface area contributed by atoms with E-state index in [0.29, 0.717) is 12.2 Å². The van der Waals surface area contributed by atoms with E-state index in [1.54, 1.807) is 6.07 Å². The Kier molecular flexibility index (Phi) is 11.1. The molecule has 0 atom stereocenters. The first kappa shape index (κ1) is 24.9. The molecule has 0 spiro atoms. The number of likely N-dealkylation sites (tertiary alicyclic amines) is 1. The van der Waals surface area contributed by atoms with Gasteiger partial charge in [0, 0.05) is 38.5 Å². The predicted molar refractivity (Wildman–Crippen MR) is 126 cm³/mol. The first-order chi connectivity index (χ1) is 15.1. The van der Waals surface area contributed by atoms with Crippen molar-refractivity contribution in [1.29, 1.82) is 0 Å². The molecule has 1 aromatic rings. The SMILES string of the molecule is CCC/C=N\C(=N/C)N1CCC(CCCOc2ccc(C(=O)NCCO)c(C)c2)CC1. The number of benzene rings is 1. The molecule has 7 nitrogen and oxygen atoms in total. The van der Waals surface area contributed by atoms with Crippen molar-refractivity contribution in [2.24, 2.45) is 15.9 Å². The third kappa shape index (κ3) is 8.32. The van der Waals surface area contributed by atoms with E-state index in [0.717, 1.165) is 62.0 Å². The lowest BCUT2D eigenvalue weighted by Gasteiger charge is -2.32. The van der Waals surface area contributed by atoms with Crippen molar-refractivity contribution in [2.75, 3.05) is 39.9 Å². The van der Waals surface area contributed by atoms with E-state index in [1.807, 2.05) is 32.3 Å². The minimum Gasteiger partial charge on any atom is -0.494 e. The summed E-state index contributed by atoms with van der Waals surface area (Å²) >= 11 is 0. The lowest BCUT2D eigenvalue weighted by molar-refractivity contribution is 0.0944. The molecule has 1 aliphatic rings. The minimum absolute atomic E-state index is 0.0642. The summed E-state index contributed by atoms with van der Waals surface area (Å²) in [4.78, 5) is 23.2. The van der Waals surface area contributed by atoms with Crippen molar-refractivity contribution < 1.29 is 14.6 Å². The van der Waals surface area contributed by atoms with Gasteiger partial charge in [-0.05, 0) is 68.7 Å². The fourth-order valence-corrected chi connectivity index (χ4v) is 3.79. The fourth-order valence-electron chi connectivity index (χ4n) is 3.79. The molecule has 0 saturated carbocycles. The summed E-state index contributed by atoms with van der Waals surface area (Å²) in [7, 11) is 1.82. The molecular formula is C24H38N4O3. The minimum atomic E-state index is -0.170. The van der Waals surface area contributed by atoms with Crippen molar-refractivity contribution in [3.8, 4) is 5.75 Å². The maximum Gasteiger partial charge on any atom is 0.251 e. The lowest BCUT2D eigenvalue weighted by atomic mass is 9.92. The van der Waals surface area contributed by atoms with Gasteiger partial charge in [0.15, 0.2) is 0 Å². The van der Waals surface area contributed by atoms with Crippen LogP contribution in [0.1, 0.15) is 61.4 Å². The summed E-state index contributed by atoms with van der Waals surface area (Å²) < 4.78 is 5.91. The second-order valence-corrected chi connectivity index (χ2v) is 8.00. The molecule has 31 heavy (non-hydrogen) atoms. The van der Waals surface area contributed by atoms with Gasteiger partial charge in [0.25, 0.3) is 5.91 Å². The second kappa shape index (κ2) is 13.8. The van der Waals surface area contributed by atoms with Gasteiger partial charge in [-0.25, -0.2) is 4.99 Å². The molecule has 1 saturated heterocycles. The average molecular weight is 431 g/mol. The zero-order chi connectivity index (χ0) is 22.5. The molecule has 2 rings (SSSR count). The molecule has 0 bridgehead atoms. The summed E-state index contributed by atoms with van der Waals surface area (Å²) in [6.45, 7) is 6.95. The molecule has 1 aromatic carbocycles. The number of amides is 1. The van der Waals surface area contributed by atoms with E-state index >= 15 is 0 Å². The number of carbonyl (C=O) groups excluding carboxylic acids is 1. The van der Waals surface area contributed by atoms with Crippen LogP contribution in [0.15, 0.2) is 28.2 Å². The number of nitrogens with one attached hydrogen (secondary N) is 1. The monoisotopic (exact) mass is 430 g/mol. The van der Waals surface area contributed by atoms with E-state index in [4.69, 9.17) is 9.84 Å². The third-order valence-electron chi connectivity index (χ3n) is 5.59. The van der Waals surface area contributed by atoms with Crippen LogP contribution >= 0.6 is 0 Å². The van der Waals surface area contributed by atoms with Gasteiger partial charge in [-0.3, -0.25) is 9.79 Å². The number of aliphatic hydroxyl groups excluding tert-OH is 1. The van der Waals surface area contributed by atoms with Crippen molar-refractivity contribution >= 4 is 18.1 Å². The zero-order valence-electron chi connectivity index (χ0n) is 19.3. The highest BCUT2D eigenvalue weighted by Gasteiger charge is 2.20. The normalized spacial score (nSPS) is 15.5. The number of aryl methyl sites for hydroxylation is 1. The Balaban J connectivity index is 1.69. The number of guanidine groups is 1. The Hall–Kier alpha value is -2.41. The molecule has 1 fully saturated rings. The van der Waals surface area contributed by atoms with Crippen LogP contribution in [0.3, 0.4) is 0 Å². The molecule has 0 aliphatic carbocycles. The van der Waals surface area contributed by atoms with Crippen molar-refractivity contribution in [1.82, 2.24) is 10.2 Å². The Morgan fingerprint density at radius 1 is 1.35 bits per heavy atom. The summed E-state index contributed by atoms with van der Waals surface area (Å²) in [5.74, 6) is 2.20. The highest BCUT2D eigenvalue weighted by Crippen LogP contribution is 2.23. The highest BCUT2D eigenvalue weighted by molar-refractivity contribution is 5.95. The summed E-state index contributed by atoms with van der Waals surface area (Å²) in [6, 6.07) is 5.52. The molecule has 172 valence electrons. The Labute approximate surface area is 186 Å². The van der Waals surface area contributed by atoms with Gasteiger partial charge in [-0.1, -0.05) is 13.3 Å². The van der Waals surface area contributed by atoms with Gasteiger partial charge in [0.1, 0.15) is 5.75 Å². The Morgan fingerprint density at radius 3 is 2.77 bits per heavy atom. The molecule has 0 aromatic heterocycles. The average Bonchev–Trinajstić information content (AvgIpc) is 2.78. The van der Waals surface area contributed by atoms with Crippen molar-refractivity contribution in [2.45, 2.75) is 52.4 Å². The molecule has 1 amide bonds. The lowest BCUT2D eigenvalue weighted by Crippen LogP contribution is -2.37. The van der Waals surface area contributed by atoms with E-state index in [2.05, 4.69) is 27.1 Å². The predicted octanol–water partition coefficient (Wildman–Crippen LogP) is 3.44. The molecule has 7 heteroatoms. The smallest absolute Gasteiger partial charge is 0.251 e. The van der Waals surface area contributed by atoms with Crippen LogP contribution in [0, 0.1) is 12.8 Å². The summed E-state index contributed by atoms with van der Waals surface area (Å²) in [6.07, 6.45) is 8.58. The molecular weight excluding hydrogens is 392 g/mol. The van der Waals surface area contributed by atoms with Crippen molar-refractivity contribution in [3.05, 3.63) is 29.3 Å². The van der Waals surface area contributed by atoms with Crippen molar-refractivity contribution in [3.63, 3.8) is 0 Å². The van der Waals surface area contributed by atoms with Crippen LogP contribution in [0.5, 0.6) is 5.75 Å². The molecule has 0 unspecified atom stereocenters. The second-order valence-electron chi connectivity index (χ2n) is 8.00. The molecule has 1 aliphatic heterocycles. The number of aliphatic hydroxyl groups is 1. The van der Waals surface area contributed by atoms with Crippen LogP contribution < -0.4 is 10.1 Å². The third-order valence-corrected chi connectivity index (χ3v) is 5.59. The standard InChI is InChI=1S/C24H38N4O3/c1-4-5-12-27-24(25-3)28-14-10-20(11-15-28)7-6-17-31-21-8-9-22(19(2)18-21)23(30)26-13-16-29/h8-9,12,18,20,29H,4-7,10-11,13-17H2,1-3H3,(H,26,30)/b25-24+,27-12-. The van der Waals surface area contributed by atoms with Crippen LogP contribution in [0.25, 0.3) is 0 Å². The van der Waals surface area contributed by atoms with Crippen LogP contribution in [0.4, 0.5) is 0 Å². The molecule has 0 radical (unpaired) electrons. The van der Waals surface area contributed by atoms with Gasteiger partial charge in [0.05, 0.1) is 13.2 Å². The van der Waals surface area contributed by atoms with E-state index in [9.17, 15) is 4.79 Å². The van der Waals surface area contributed by atoms with Crippen LogP contribution in [0.2, 0.25) is 0 Å². The van der Waals surface area contributed by atoms with Gasteiger partial charge in [0.2, 0.25) is 5.96 Å². The molecule has 2 N–H and O–H groups in total. The number of piperidine rings is 1. The van der Waals surface area contributed by atoms with Gasteiger partial charge >= 0.3 is 0 Å². The molecule has 1 heterocycles. The maximum atomic E-state index is 12.0. The quantitative estimate of drug-likeness (QED) is 0.338. The first-order valence-electron chi connectivity index (χ1n) is 11.5. The number of carbonyl (C=O) groups is 1. The highest BCUT2D eigenvalue weighted by atomic mass is 16.5.